The van der Waals surface area contributed by atoms with Crippen LogP contribution in [-0.2, 0) is 0 Å². The number of aliphatic imine (C=N–C) groups is 1. The molecular weight excluding hydrogens is 198 g/mol. The molecule has 16 heavy (non-hydrogen) atoms. The van der Waals surface area contributed by atoms with Gasteiger partial charge in [-0.05, 0) is 34.1 Å². The van der Waals surface area contributed by atoms with Gasteiger partial charge in [-0.2, -0.15) is 0 Å². The fraction of sp³-hybridized carbons (Fsp3) is 0.923. The number of hydrogen-bond donors (Lipinski definition) is 0. The van der Waals surface area contributed by atoms with Crippen LogP contribution in [0, 0.1) is 0 Å². The highest BCUT2D eigenvalue weighted by Gasteiger charge is 2.13. The average molecular weight is 227 g/mol. The van der Waals surface area contributed by atoms with Crippen LogP contribution in [0.5, 0.6) is 0 Å². The minimum absolute atomic E-state index is 0.870. The third-order valence-electron chi connectivity index (χ3n) is 2.79. The molecule has 96 valence electrons. The second-order valence-electron chi connectivity index (χ2n) is 3.88. The zero-order valence-corrected chi connectivity index (χ0v) is 11.8. The summed E-state index contributed by atoms with van der Waals surface area (Å²) in [4.78, 5) is 9.41. The molecule has 0 aromatic heterocycles. The quantitative estimate of drug-likeness (QED) is 0.492. The van der Waals surface area contributed by atoms with Gasteiger partial charge in [0, 0.05) is 32.7 Å². The Balaban J connectivity index is 4.64. The molecule has 0 fully saturated rings. The highest BCUT2D eigenvalue weighted by atomic mass is 15.4. The van der Waals surface area contributed by atoms with Gasteiger partial charge < -0.3 is 9.80 Å². The molecule has 0 aliphatic rings. The van der Waals surface area contributed by atoms with E-state index in [2.05, 4.69) is 49.4 Å². The fourth-order valence-corrected chi connectivity index (χ4v) is 1.80. The lowest BCUT2D eigenvalue weighted by molar-refractivity contribution is 0.335. The molecule has 0 aromatic rings. The maximum Gasteiger partial charge on any atom is 0.196 e. The van der Waals surface area contributed by atoms with Crippen LogP contribution in [0.4, 0.5) is 0 Å². The van der Waals surface area contributed by atoms with Crippen molar-refractivity contribution >= 4 is 5.96 Å². The summed E-state index contributed by atoms with van der Waals surface area (Å²) in [7, 11) is 0. The summed E-state index contributed by atoms with van der Waals surface area (Å²) < 4.78 is 0. The van der Waals surface area contributed by atoms with E-state index in [-0.39, 0.29) is 0 Å². The molecular formula is C13H29N3. The minimum Gasteiger partial charge on any atom is -0.343 e. The molecule has 0 heterocycles. The second kappa shape index (κ2) is 9.49. The van der Waals surface area contributed by atoms with E-state index < -0.39 is 0 Å². The Morgan fingerprint density at radius 3 is 1.81 bits per heavy atom. The lowest BCUT2D eigenvalue weighted by Crippen LogP contribution is -2.44. The number of unbranched alkanes of at least 4 members (excludes halogenated alkanes) is 1. The Morgan fingerprint density at radius 1 is 0.875 bits per heavy atom. The molecule has 0 aliphatic heterocycles. The first-order valence-electron chi connectivity index (χ1n) is 6.79. The molecule has 0 saturated heterocycles. The Labute approximate surface area is 102 Å². The normalized spacial score (nSPS) is 11.7. The molecule has 0 radical (unpaired) electrons. The van der Waals surface area contributed by atoms with Crippen LogP contribution < -0.4 is 0 Å². The smallest absolute Gasteiger partial charge is 0.196 e. The lowest BCUT2D eigenvalue weighted by atomic mass is 10.3. The van der Waals surface area contributed by atoms with Crippen molar-refractivity contribution in [2.75, 3.05) is 32.7 Å². The molecule has 3 heteroatoms. The predicted octanol–water partition coefficient (Wildman–Crippen LogP) is 2.83. The zero-order chi connectivity index (χ0) is 12.4. The van der Waals surface area contributed by atoms with Gasteiger partial charge in [0.1, 0.15) is 0 Å². The lowest BCUT2D eigenvalue weighted by Gasteiger charge is -2.32. The first kappa shape index (κ1) is 15.3. The molecule has 3 nitrogen and oxygen atoms in total. The molecule has 0 spiro atoms. The monoisotopic (exact) mass is 227 g/mol. The summed E-state index contributed by atoms with van der Waals surface area (Å²) in [6.45, 7) is 16.1. The van der Waals surface area contributed by atoms with Crippen molar-refractivity contribution in [3.8, 4) is 0 Å². The largest absolute Gasteiger partial charge is 0.343 e. The van der Waals surface area contributed by atoms with Crippen molar-refractivity contribution in [3.05, 3.63) is 0 Å². The third-order valence-corrected chi connectivity index (χ3v) is 2.79. The SMILES string of the molecule is CCCCN(CC)/C(=N\CC)N(CC)CC. The molecule has 0 aliphatic carbocycles. The molecule has 0 atom stereocenters. The Kier molecular flexibility index (Phi) is 9.06. The summed E-state index contributed by atoms with van der Waals surface area (Å²) in [5.41, 5.74) is 0. The van der Waals surface area contributed by atoms with Crippen LogP contribution in [0.2, 0.25) is 0 Å². The van der Waals surface area contributed by atoms with Crippen LogP contribution in [0.25, 0.3) is 0 Å². The van der Waals surface area contributed by atoms with E-state index in [4.69, 9.17) is 0 Å². The highest BCUT2D eigenvalue weighted by Crippen LogP contribution is 2.02. The summed E-state index contributed by atoms with van der Waals surface area (Å²) in [5.74, 6) is 1.18. The van der Waals surface area contributed by atoms with Gasteiger partial charge in [-0.3, -0.25) is 4.99 Å². The second-order valence-corrected chi connectivity index (χ2v) is 3.88. The van der Waals surface area contributed by atoms with E-state index in [9.17, 15) is 0 Å². The predicted molar refractivity (Wildman–Crippen MR) is 73.1 cm³/mol. The van der Waals surface area contributed by atoms with Gasteiger partial charge in [-0.1, -0.05) is 13.3 Å². The Hall–Kier alpha value is -0.730. The average Bonchev–Trinajstić information content (AvgIpc) is 2.31. The van der Waals surface area contributed by atoms with Crippen molar-refractivity contribution in [1.29, 1.82) is 0 Å². The van der Waals surface area contributed by atoms with Crippen LogP contribution in [0.3, 0.4) is 0 Å². The number of rotatable bonds is 7. The van der Waals surface area contributed by atoms with Crippen LogP contribution in [-0.4, -0.2) is 48.5 Å². The van der Waals surface area contributed by atoms with Gasteiger partial charge in [0.2, 0.25) is 0 Å². The van der Waals surface area contributed by atoms with Crippen molar-refractivity contribution in [1.82, 2.24) is 9.80 Å². The van der Waals surface area contributed by atoms with Crippen molar-refractivity contribution < 1.29 is 0 Å². The molecule has 0 rings (SSSR count). The summed E-state index contributed by atoms with van der Waals surface area (Å²) >= 11 is 0. The molecule has 0 aromatic carbocycles. The first-order chi connectivity index (χ1) is 7.74. The van der Waals surface area contributed by atoms with E-state index in [0.29, 0.717) is 0 Å². The maximum atomic E-state index is 4.66. The minimum atomic E-state index is 0.870. The van der Waals surface area contributed by atoms with Gasteiger partial charge in [0.25, 0.3) is 0 Å². The molecule has 0 N–H and O–H groups in total. The van der Waals surface area contributed by atoms with E-state index in [1.807, 2.05) is 0 Å². The van der Waals surface area contributed by atoms with Gasteiger partial charge >= 0.3 is 0 Å². The Morgan fingerprint density at radius 2 is 1.44 bits per heavy atom. The van der Waals surface area contributed by atoms with Gasteiger partial charge in [-0.15, -0.1) is 0 Å². The fourth-order valence-electron chi connectivity index (χ4n) is 1.80. The van der Waals surface area contributed by atoms with Crippen LogP contribution in [0.15, 0.2) is 4.99 Å². The Bertz CT molecular complexity index is 186. The van der Waals surface area contributed by atoms with Gasteiger partial charge in [0.05, 0.1) is 0 Å². The van der Waals surface area contributed by atoms with E-state index in [1.165, 1.54) is 18.8 Å². The van der Waals surface area contributed by atoms with Crippen molar-refractivity contribution in [2.45, 2.75) is 47.5 Å². The van der Waals surface area contributed by atoms with Gasteiger partial charge in [-0.25, -0.2) is 0 Å². The van der Waals surface area contributed by atoms with Crippen molar-refractivity contribution in [2.24, 2.45) is 4.99 Å². The summed E-state index contributed by atoms with van der Waals surface area (Å²) in [6.07, 6.45) is 2.49. The molecule has 0 bridgehead atoms. The maximum absolute atomic E-state index is 4.66. The molecule has 0 unspecified atom stereocenters. The van der Waals surface area contributed by atoms with E-state index in [1.54, 1.807) is 0 Å². The van der Waals surface area contributed by atoms with Crippen LogP contribution in [0.1, 0.15) is 47.5 Å². The molecule has 0 saturated carbocycles. The van der Waals surface area contributed by atoms with E-state index in [0.717, 1.165) is 32.7 Å². The number of hydrogen-bond acceptors (Lipinski definition) is 1. The highest BCUT2D eigenvalue weighted by molar-refractivity contribution is 5.80. The first-order valence-corrected chi connectivity index (χ1v) is 6.79. The standard InChI is InChI=1S/C13H29N3/c1-6-11-12-16(10-5)13(14-7-2)15(8-3)9-4/h6-12H2,1-5H3/b14-13-. The third kappa shape index (κ3) is 4.86. The number of nitrogens with zero attached hydrogens (tertiary/aromatic N) is 3. The topological polar surface area (TPSA) is 18.8 Å². The number of guanidine groups is 1. The zero-order valence-electron chi connectivity index (χ0n) is 11.8. The molecule has 0 amide bonds. The van der Waals surface area contributed by atoms with E-state index >= 15 is 0 Å². The summed E-state index contributed by atoms with van der Waals surface area (Å²) in [6, 6.07) is 0. The van der Waals surface area contributed by atoms with Crippen LogP contribution >= 0.6 is 0 Å². The van der Waals surface area contributed by atoms with Crippen molar-refractivity contribution in [3.63, 3.8) is 0 Å². The van der Waals surface area contributed by atoms with Gasteiger partial charge in [0.15, 0.2) is 5.96 Å². The summed E-state index contributed by atoms with van der Waals surface area (Å²) in [5, 5.41) is 0.